The van der Waals surface area contributed by atoms with Crippen LogP contribution in [0.15, 0.2) is 21.5 Å². The van der Waals surface area contributed by atoms with Crippen LogP contribution in [0.5, 0.6) is 0 Å². The first kappa shape index (κ1) is 8.99. The van der Waals surface area contributed by atoms with Gasteiger partial charge in [-0.2, -0.15) is 0 Å². The molecular formula is C7H7BrN2O2. The molecule has 64 valence electrons. The SMILES string of the molecule is Cn1cc(Br)cc(C(N)=O)c1=O. The van der Waals surface area contributed by atoms with Gasteiger partial charge in [-0.15, -0.1) is 0 Å². The van der Waals surface area contributed by atoms with Gasteiger partial charge in [0.05, 0.1) is 0 Å². The third-order valence-corrected chi connectivity index (χ3v) is 1.85. The molecule has 1 heterocycles. The molecule has 0 atom stereocenters. The van der Waals surface area contributed by atoms with E-state index in [9.17, 15) is 9.59 Å². The van der Waals surface area contributed by atoms with Crippen molar-refractivity contribution in [2.24, 2.45) is 12.8 Å². The number of rotatable bonds is 1. The van der Waals surface area contributed by atoms with Crippen LogP contribution in [0.4, 0.5) is 0 Å². The molecule has 1 aromatic heterocycles. The fourth-order valence-electron chi connectivity index (χ4n) is 0.847. The Balaban J connectivity index is 3.49. The minimum atomic E-state index is -0.711. The van der Waals surface area contributed by atoms with Gasteiger partial charge in [-0.05, 0) is 22.0 Å². The lowest BCUT2D eigenvalue weighted by Crippen LogP contribution is -2.27. The van der Waals surface area contributed by atoms with E-state index < -0.39 is 5.91 Å². The Morgan fingerprint density at radius 3 is 2.75 bits per heavy atom. The van der Waals surface area contributed by atoms with Crippen LogP contribution in [0.2, 0.25) is 0 Å². The van der Waals surface area contributed by atoms with E-state index in [-0.39, 0.29) is 11.1 Å². The van der Waals surface area contributed by atoms with Gasteiger partial charge in [0.15, 0.2) is 0 Å². The average molecular weight is 231 g/mol. The maximum Gasteiger partial charge on any atom is 0.263 e. The van der Waals surface area contributed by atoms with Crippen LogP contribution in [-0.4, -0.2) is 10.5 Å². The fourth-order valence-corrected chi connectivity index (χ4v) is 1.38. The summed E-state index contributed by atoms with van der Waals surface area (Å²) in [6.07, 6.45) is 1.56. The van der Waals surface area contributed by atoms with Gasteiger partial charge in [0.25, 0.3) is 11.5 Å². The van der Waals surface area contributed by atoms with Crippen LogP contribution in [0.1, 0.15) is 10.4 Å². The number of amides is 1. The quantitative estimate of drug-likeness (QED) is 0.752. The van der Waals surface area contributed by atoms with Crippen molar-refractivity contribution in [3.63, 3.8) is 0 Å². The molecule has 0 radical (unpaired) electrons. The first-order valence-electron chi connectivity index (χ1n) is 3.18. The second-order valence-corrected chi connectivity index (χ2v) is 3.27. The monoisotopic (exact) mass is 230 g/mol. The van der Waals surface area contributed by atoms with Crippen molar-refractivity contribution < 1.29 is 4.79 Å². The van der Waals surface area contributed by atoms with Gasteiger partial charge in [0, 0.05) is 17.7 Å². The van der Waals surface area contributed by atoms with Crippen molar-refractivity contribution >= 4 is 21.8 Å². The molecule has 0 saturated heterocycles. The fraction of sp³-hybridized carbons (Fsp3) is 0.143. The highest BCUT2D eigenvalue weighted by atomic mass is 79.9. The summed E-state index contributed by atoms with van der Waals surface area (Å²) in [6.45, 7) is 0. The molecule has 0 aromatic carbocycles. The van der Waals surface area contributed by atoms with Crippen LogP contribution in [-0.2, 0) is 7.05 Å². The van der Waals surface area contributed by atoms with E-state index in [1.807, 2.05) is 0 Å². The summed E-state index contributed by atoms with van der Waals surface area (Å²) in [5.74, 6) is -0.711. The van der Waals surface area contributed by atoms with Crippen LogP contribution >= 0.6 is 15.9 Å². The molecule has 5 heteroatoms. The predicted octanol–water partition coefficient (Wildman–Crippen LogP) is 0.247. The second kappa shape index (κ2) is 3.10. The number of hydrogen-bond acceptors (Lipinski definition) is 2. The van der Waals surface area contributed by atoms with Gasteiger partial charge in [-0.3, -0.25) is 9.59 Å². The number of aryl methyl sites for hydroxylation is 1. The summed E-state index contributed by atoms with van der Waals surface area (Å²) in [5.41, 5.74) is 4.59. The number of nitrogens with zero attached hydrogens (tertiary/aromatic N) is 1. The zero-order chi connectivity index (χ0) is 9.30. The molecule has 0 fully saturated rings. The molecule has 2 N–H and O–H groups in total. The van der Waals surface area contributed by atoms with Crippen molar-refractivity contribution in [1.29, 1.82) is 0 Å². The minimum absolute atomic E-state index is 0.00752. The Kier molecular flexibility index (Phi) is 2.32. The Morgan fingerprint density at radius 1 is 1.67 bits per heavy atom. The number of pyridine rings is 1. The predicted molar refractivity (Wildman–Crippen MR) is 47.9 cm³/mol. The summed E-state index contributed by atoms with van der Waals surface area (Å²) in [6, 6.07) is 1.41. The number of aromatic nitrogens is 1. The molecule has 12 heavy (non-hydrogen) atoms. The van der Waals surface area contributed by atoms with Crippen molar-refractivity contribution in [3.05, 3.63) is 32.7 Å². The molecule has 0 unspecified atom stereocenters. The molecule has 0 aliphatic heterocycles. The molecule has 0 aliphatic rings. The first-order valence-corrected chi connectivity index (χ1v) is 3.97. The molecular weight excluding hydrogens is 224 g/mol. The van der Waals surface area contributed by atoms with Crippen molar-refractivity contribution in [2.75, 3.05) is 0 Å². The second-order valence-electron chi connectivity index (χ2n) is 2.35. The molecule has 0 aliphatic carbocycles. The lowest BCUT2D eigenvalue weighted by atomic mass is 10.3. The number of halogens is 1. The van der Waals surface area contributed by atoms with E-state index in [2.05, 4.69) is 15.9 Å². The van der Waals surface area contributed by atoms with E-state index in [1.54, 1.807) is 13.2 Å². The molecule has 4 nitrogen and oxygen atoms in total. The van der Waals surface area contributed by atoms with E-state index in [0.717, 1.165) is 0 Å². The highest BCUT2D eigenvalue weighted by Crippen LogP contribution is 2.07. The summed E-state index contributed by atoms with van der Waals surface area (Å²) < 4.78 is 1.95. The lowest BCUT2D eigenvalue weighted by Gasteiger charge is -2.00. The van der Waals surface area contributed by atoms with Crippen LogP contribution in [0.3, 0.4) is 0 Å². The maximum atomic E-state index is 11.2. The van der Waals surface area contributed by atoms with Gasteiger partial charge < -0.3 is 10.3 Å². The van der Waals surface area contributed by atoms with Crippen molar-refractivity contribution in [2.45, 2.75) is 0 Å². The van der Waals surface area contributed by atoms with Crippen LogP contribution in [0.25, 0.3) is 0 Å². The maximum absolute atomic E-state index is 11.2. The Labute approximate surface area is 77.1 Å². The average Bonchev–Trinajstić information content (AvgIpc) is 1.96. The zero-order valence-corrected chi connectivity index (χ0v) is 7.96. The summed E-state index contributed by atoms with van der Waals surface area (Å²) in [7, 11) is 1.56. The Morgan fingerprint density at radius 2 is 2.25 bits per heavy atom. The third kappa shape index (κ3) is 1.55. The largest absolute Gasteiger partial charge is 0.365 e. The van der Waals surface area contributed by atoms with E-state index in [1.165, 1.54) is 10.6 Å². The first-order chi connectivity index (χ1) is 5.52. The Hall–Kier alpha value is -1.10. The highest BCUT2D eigenvalue weighted by Gasteiger charge is 2.07. The van der Waals surface area contributed by atoms with Gasteiger partial charge in [-0.1, -0.05) is 0 Å². The van der Waals surface area contributed by atoms with Crippen molar-refractivity contribution in [1.82, 2.24) is 4.57 Å². The number of nitrogens with two attached hydrogens (primary N) is 1. The molecule has 1 rings (SSSR count). The number of primary amides is 1. The molecule has 0 spiro atoms. The topological polar surface area (TPSA) is 65.1 Å². The smallest absolute Gasteiger partial charge is 0.263 e. The van der Waals surface area contributed by atoms with Crippen molar-refractivity contribution in [3.8, 4) is 0 Å². The number of carbonyl (C=O) groups excluding carboxylic acids is 1. The highest BCUT2D eigenvalue weighted by molar-refractivity contribution is 9.10. The van der Waals surface area contributed by atoms with E-state index >= 15 is 0 Å². The van der Waals surface area contributed by atoms with E-state index in [4.69, 9.17) is 5.73 Å². The molecule has 0 bridgehead atoms. The van der Waals surface area contributed by atoms with Gasteiger partial charge >= 0.3 is 0 Å². The summed E-state index contributed by atoms with van der Waals surface area (Å²) >= 11 is 3.15. The van der Waals surface area contributed by atoms with E-state index in [0.29, 0.717) is 4.47 Å². The molecule has 0 saturated carbocycles. The summed E-state index contributed by atoms with van der Waals surface area (Å²) in [4.78, 5) is 21.9. The minimum Gasteiger partial charge on any atom is -0.365 e. The molecule has 1 amide bonds. The Bertz CT molecular complexity index is 383. The number of hydrogen-bond donors (Lipinski definition) is 1. The van der Waals surface area contributed by atoms with Gasteiger partial charge in [-0.25, -0.2) is 0 Å². The standard InChI is InChI=1S/C7H7BrN2O2/c1-10-3-4(8)2-5(6(9)11)7(10)12/h2-3H,1H3,(H2,9,11). The van der Waals surface area contributed by atoms with Crippen LogP contribution < -0.4 is 11.3 Å². The number of carbonyl (C=O) groups is 1. The summed E-state index contributed by atoms with van der Waals surface area (Å²) in [5, 5.41) is 0. The molecule has 1 aromatic rings. The zero-order valence-electron chi connectivity index (χ0n) is 6.37. The van der Waals surface area contributed by atoms with Gasteiger partial charge in [0.1, 0.15) is 5.56 Å². The van der Waals surface area contributed by atoms with Crippen LogP contribution in [0, 0.1) is 0 Å². The lowest BCUT2D eigenvalue weighted by molar-refractivity contribution is 0.0998. The third-order valence-electron chi connectivity index (χ3n) is 1.42. The van der Waals surface area contributed by atoms with Gasteiger partial charge in [0.2, 0.25) is 0 Å². The normalized spacial score (nSPS) is 9.83.